The fraction of sp³-hybridized carbons (Fsp3) is 0.333. The van der Waals surface area contributed by atoms with Gasteiger partial charge in [-0.05, 0) is 32.1 Å². The van der Waals surface area contributed by atoms with Crippen LogP contribution in [0.15, 0.2) is 33.4 Å². The van der Waals surface area contributed by atoms with E-state index in [0.717, 1.165) is 11.5 Å². The van der Waals surface area contributed by atoms with E-state index in [1.807, 2.05) is 19.1 Å². The molecule has 0 bridgehead atoms. The van der Waals surface area contributed by atoms with Crippen LogP contribution in [0.3, 0.4) is 0 Å². The monoisotopic (exact) mass is 234 g/mol. The second-order valence-electron chi connectivity index (χ2n) is 3.62. The molecular formula is C12H14N2O3. The van der Waals surface area contributed by atoms with Crippen LogP contribution in [0.5, 0.6) is 0 Å². The second kappa shape index (κ2) is 4.86. The summed E-state index contributed by atoms with van der Waals surface area (Å²) in [4.78, 5) is 11.4. The van der Waals surface area contributed by atoms with Gasteiger partial charge in [0.2, 0.25) is 0 Å². The number of esters is 1. The molecule has 1 aromatic rings. The highest BCUT2D eigenvalue weighted by Gasteiger charge is 2.16. The minimum Gasteiger partial charge on any atom is -0.461 e. The summed E-state index contributed by atoms with van der Waals surface area (Å²) in [6, 6.07) is 3.74. The van der Waals surface area contributed by atoms with Crippen LogP contribution in [0.25, 0.3) is 0 Å². The number of ether oxygens (including phenoxy) is 1. The third kappa shape index (κ3) is 2.55. The van der Waals surface area contributed by atoms with Gasteiger partial charge in [0.25, 0.3) is 0 Å². The Hall–Kier alpha value is -2.04. The Balaban J connectivity index is 2.03. The second-order valence-corrected chi connectivity index (χ2v) is 3.62. The van der Waals surface area contributed by atoms with Crippen LogP contribution in [0.4, 0.5) is 0 Å². The maximum Gasteiger partial charge on any atom is 0.355 e. The summed E-state index contributed by atoms with van der Waals surface area (Å²) in [6.45, 7) is 3.99. The van der Waals surface area contributed by atoms with Gasteiger partial charge in [-0.25, -0.2) is 4.79 Å². The Morgan fingerprint density at radius 2 is 2.41 bits per heavy atom. The summed E-state index contributed by atoms with van der Waals surface area (Å²) in [5.74, 6) is 1.17. The Labute approximate surface area is 99.1 Å². The highest BCUT2D eigenvalue weighted by Crippen LogP contribution is 2.13. The molecule has 1 N–H and O–H groups in total. The molecule has 0 amide bonds. The lowest BCUT2D eigenvalue weighted by atomic mass is 10.1. The van der Waals surface area contributed by atoms with Gasteiger partial charge >= 0.3 is 5.97 Å². The average molecular weight is 234 g/mol. The molecule has 2 heterocycles. The first-order chi connectivity index (χ1) is 8.20. The number of carbonyl (C=O) groups excluding carboxylic acids is 1. The molecule has 0 aliphatic carbocycles. The number of hydrogen-bond donors (Lipinski definition) is 1. The van der Waals surface area contributed by atoms with E-state index < -0.39 is 0 Å². The summed E-state index contributed by atoms with van der Waals surface area (Å²) < 4.78 is 10.3. The average Bonchev–Trinajstić information content (AvgIpc) is 2.76. The quantitative estimate of drug-likeness (QED) is 0.809. The van der Waals surface area contributed by atoms with E-state index >= 15 is 0 Å². The molecule has 0 fully saturated rings. The largest absolute Gasteiger partial charge is 0.461 e. The van der Waals surface area contributed by atoms with E-state index in [2.05, 4.69) is 10.5 Å². The lowest BCUT2D eigenvalue weighted by Crippen LogP contribution is -2.23. The van der Waals surface area contributed by atoms with Crippen molar-refractivity contribution < 1.29 is 13.9 Å². The molecule has 0 atom stereocenters. The van der Waals surface area contributed by atoms with Crippen molar-refractivity contribution in [3.8, 4) is 0 Å². The molecule has 2 rings (SSSR count). The molecule has 1 aliphatic rings. The molecule has 90 valence electrons. The number of rotatable bonds is 3. The highest BCUT2D eigenvalue weighted by molar-refractivity contribution is 6.01. The number of nitrogens with one attached hydrogen (secondary N) is 1. The lowest BCUT2D eigenvalue weighted by Gasteiger charge is -2.12. The zero-order valence-corrected chi connectivity index (χ0v) is 9.82. The van der Waals surface area contributed by atoms with Gasteiger partial charge in [-0.15, -0.1) is 0 Å². The van der Waals surface area contributed by atoms with Crippen LogP contribution < -0.4 is 5.43 Å². The van der Waals surface area contributed by atoms with Crippen molar-refractivity contribution in [3.05, 3.63) is 35.4 Å². The van der Waals surface area contributed by atoms with Crippen molar-refractivity contribution in [2.24, 2.45) is 5.10 Å². The lowest BCUT2D eigenvalue weighted by molar-refractivity contribution is -0.139. The van der Waals surface area contributed by atoms with Crippen molar-refractivity contribution in [3.63, 3.8) is 0 Å². The SMILES string of the molecule is CCOC(=O)C1=CCC(c2ccc(C)o2)=NN1. The molecule has 0 saturated carbocycles. The van der Waals surface area contributed by atoms with Gasteiger partial charge in [0.05, 0.1) is 6.61 Å². The summed E-state index contributed by atoms with van der Waals surface area (Å²) in [6.07, 6.45) is 2.30. The van der Waals surface area contributed by atoms with Crippen LogP contribution in [-0.2, 0) is 9.53 Å². The molecule has 17 heavy (non-hydrogen) atoms. The molecule has 0 radical (unpaired) electrons. The molecule has 1 aliphatic heterocycles. The fourth-order valence-corrected chi connectivity index (χ4v) is 1.50. The fourth-order valence-electron chi connectivity index (χ4n) is 1.50. The first-order valence-corrected chi connectivity index (χ1v) is 5.47. The van der Waals surface area contributed by atoms with E-state index in [-0.39, 0.29) is 5.97 Å². The number of hydrazone groups is 1. The number of nitrogens with zero attached hydrogens (tertiary/aromatic N) is 1. The summed E-state index contributed by atoms with van der Waals surface area (Å²) in [7, 11) is 0. The molecule has 1 aromatic heterocycles. The van der Waals surface area contributed by atoms with Gasteiger partial charge in [-0.3, -0.25) is 5.43 Å². The first kappa shape index (κ1) is 11.4. The van der Waals surface area contributed by atoms with E-state index in [1.54, 1.807) is 13.0 Å². The van der Waals surface area contributed by atoms with Crippen LogP contribution in [-0.4, -0.2) is 18.3 Å². The number of aryl methyl sites for hydroxylation is 1. The first-order valence-electron chi connectivity index (χ1n) is 5.47. The van der Waals surface area contributed by atoms with Gasteiger partial charge in [-0.2, -0.15) is 5.10 Å². The van der Waals surface area contributed by atoms with E-state index in [4.69, 9.17) is 9.15 Å². The van der Waals surface area contributed by atoms with Crippen molar-refractivity contribution in [1.82, 2.24) is 5.43 Å². The van der Waals surface area contributed by atoms with Crippen LogP contribution in [0.2, 0.25) is 0 Å². The molecule has 0 spiro atoms. The number of hydrogen-bond acceptors (Lipinski definition) is 5. The predicted octanol–water partition coefficient (Wildman–Crippen LogP) is 1.73. The van der Waals surface area contributed by atoms with Crippen molar-refractivity contribution in [2.45, 2.75) is 20.3 Å². The number of carbonyl (C=O) groups is 1. The normalized spacial score (nSPS) is 14.7. The van der Waals surface area contributed by atoms with Crippen LogP contribution >= 0.6 is 0 Å². The van der Waals surface area contributed by atoms with E-state index in [1.165, 1.54) is 0 Å². The highest BCUT2D eigenvalue weighted by atomic mass is 16.5. The minimum absolute atomic E-state index is 0.353. The molecule has 0 saturated heterocycles. The van der Waals surface area contributed by atoms with Crippen molar-refractivity contribution >= 4 is 11.7 Å². The maximum atomic E-state index is 11.4. The standard InChI is InChI=1S/C12H14N2O3/c1-3-16-12(15)10-6-5-9(13-14-10)11-7-4-8(2)17-11/h4,6-7,14H,3,5H2,1-2H3. The zero-order valence-electron chi connectivity index (χ0n) is 9.82. The third-order valence-electron chi connectivity index (χ3n) is 2.33. The van der Waals surface area contributed by atoms with E-state index in [9.17, 15) is 4.79 Å². The molecule has 5 heteroatoms. The van der Waals surface area contributed by atoms with Gasteiger partial charge in [0.1, 0.15) is 17.2 Å². The Morgan fingerprint density at radius 3 is 2.94 bits per heavy atom. The van der Waals surface area contributed by atoms with Gasteiger partial charge in [-0.1, -0.05) is 0 Å². The summed E-state index contributed by atoms with van der Waals surface area (Å²) in [5, 5.41) is 4.10. The van der Waals surface area contributed by atoms with E-state index in [0.29, 0.717) is 24.5 Å². The van der Waals surface area contributed by atoms with Crippen LogP contribution in [0.1, 0.15) is 24.9 Å². The maximum absolute atomic E-state index is 11.4. The van der Waals surface area contributed by atoms with Crippen LogP contribution in [0, 0.1) is 6.92 Å². The van der Waals surface area contributed by atoms with Gasteiger partial charge in [0.15, 0.2) is 5.76 Å². The van der Waals surface area contributed by atoms with Gasteiger partial charge in [0, 0.05) is 6.42 Å². The summed E-state index contributed by atoms with van der Waals surface area (Å²) in [5.41, 5.74) is 3.82. The number of furan rings is 1. The van der Waals surface area contributed by atoms with Gasteiger partial charge < -0.3 is 9.15 Å². The Kier molecular flexibility index (Phi) is 3.27. The van der Waals surface area contributed by atoms with Crippen molar-refractivity contribution in [2.75, 3.05) is 6.61 Å². The zero-order chi connectivity index (χ0) is 12.3. The molecular weight excluding hydrogens is 220 g/mol. The molecule has 5 nitrogen and oxygen atoms in total. The Morgan fingerprint density at radius 1 is 1.59 bits per heavy atom. The smallest absolute Gasteiger partial charge is 0.355 e. The van der Waals surface area contributed by atoms with Crippen molar-refractivity contribution in [1.29, 1.82) is 0 Å². The molecule has 0 aromatic carbocycles. The Bertz CT molecular complexity index is 486. The minimum atomic E-state index is -0.383. The summed E-state index contributed by atoms with van der Waals surface area (Å²) >= 11 is 0. The molecule has 0 unspecified atom stereocenters. The number of allylic oxidation sites excluding steroid dienone is 1. The predicted molar refractivity (Wildman–Crippen MR) is 62.5 cm³/mol. The third-order valence-corrected chi connectivity index (χ3v) is 2.33. The topological polar surface area (TPSA) is 63.8 Å².